The highest BCUT2D eigenvalue weighted by molar-refractivity contribution is 9.10. The average molecular weight is 327 g/mol. The highest BCUT2D eigenvalue weighted by atomic mass is 79.9. The van der Waals surface area contributed by atoms with E-state index in [4.69, 9.17) is 0 Å². The van der Waals surface area contributed by atoms with Crippen molar-refractivity contribution in [1.82, 2.24) is 9.97 Å². The fourth-order valence-electron chi connectivity index (χ4n) is 2.39. The zero-order chi connectivity index (χ0) is 13.7. The van der Waals surface area contributed by atoms with Gasteiger partial charge >= 0.3 is 0 Å². The van der Waals surface area contributed by atoms with Crippen LogP contribution in [0.2, 0.25) is 0 Å². The molecule has 2 N–H and O–H groups in total. The first-order chi connectivity index (χ1) is 9.19. The third-order valence-corrected chi connectivity index (χ3v) is 4.21. The van der Waals surface area contributed by atoms with Gasteiger partial charge in [0.1, 0.15) is 5.82 Å². The molecule has 106 valence electrons. The van der Waals surface area contributed by atoms with Crippen molar-refractivity contribution >= 4 is 27.7 Å². The van der Waals surface area contributed by atoms with Crippen LogP contribution in [0.1, 0.15) is 46.0 Å². The average Bonchev–Trinajstić information content (AvgIpc) is 2.42. The summed E-state index contributed by atoms with van der Waals surface area (Å²) in [6, 6.07) is 0.543. The van der Waals surface area contributed by atoms with Crippen molar-refractivity contribution in [1.29, 1.82) is 0 Å². The van der Waals surface area contributed by atoms with Crippen molar-refractivity contribution in [2.24, 2.45) is 5.92 Å². The van der Waals surface area contributed by atoms with Crippen molar-refractivity contribution < 1.29 is 0 Å². The minimum Gasteiger partial charge on any atom is -0.366 e. The first-order valence-electron chi connectivity index (χ1n) is 7.22. The predicted molar refractivity (Wildman–Crippen MR) is 83.6 cm³/mol. The van der Waals surface area contributed by atoms with Gasteiger partial charge in [0.2, 0.25) is 5.95 Å². The lowest BCUT2D eigenvalue weighted by atomic mass is 9.87. The maximum atomic E-state index is 4.54. The molecule has 1 saturated carbocycles. The Morgan fingerprint density at radius 2 is 2.05 bits per heavy atom. The molecule has 0 radical (unpaired) electrons. The molecule has 19 heavy (non-hydrogen) atoms. The van der Waals surface area contributed by atoms with Gasteiger partial charge in [-0.15, -0.1) is 0 Å². The van der Waals surface area contributed by atoms with Crippen molar-refractivity contribution in [3.63, 3.8) is 0 Å². The number of halogens is 1. The smallest absolute Gasteiger partial charge is 0.224 e. The number of rotatable bonds is 5. The molecule has 0 bridgehead atoms. The van der Waals surface area contributed by atoms with E-state index in [1.807, 2.05) is 6.20 Å². The molecule has 0 spiro atoms. The molecule has 1 fully saturated rings. The molecule has 0 aliphatic heterocycles. The number of hydrogen-bond donors (Lipinski definition) is 2. The molecule has 4 nitrogen and oxygen atoms in total. The molecule has 0 saturated heterocycles. The number of anilines is 2. The van der Waals surface area contributed by atoms with E-state index in [0.717, 1.165) is 29.2 Å². The van der Waals surface area contributed by atoms with Gasteiger partial charge in [-0.25, -0.2) is 4.98 Å². The van der Waals surface area contributed by atoms with E-state index in [1.165, 1.54) is 25.7 Å². The van der Waals surface area contributed by atoms with E-state index >= 15 is 0 Å². The fraction of sp³-hybridized carbons (Fsp3) is 0.714. The Bertz CT molecular complexity index is 402. The van der Waals surface area contributed by atoms with E-state index in [-0.39, 0.29) is 0 Å². The Morgan fingerprint density at radius 1 is 1.32 bits per heavy atom. The van der Waals surface area contributed by atoms with E-state index in [2.05, 4.69) is 50.4 Å². The van der Waals surface area contributed by atoms with Crippen LogP contribution in [0.3, 0.4) is 0 Å². The fourth-order valence-corrected chi connectivity index (χ4v) is 2.69. The summed E-state index contributed by atoms with van der Waals surface area (Å²) in [6.45, 7) is 5.37. The lowest BCUT2D eigenvalue weighted by Gasteiger charge is -2.27. The van der Waals surface area contributed by atoms with E-state index < -0.39 is 0 Å². The number of hydrogen-bond acceptors (Lipinski definition) is 4. The van der Waals surface area contributed by atoms with Gasteiger partial charge in [0, 0.05) is 18.8 Å². The van der Waals surface area contributed by atoms with Gasteiger partial charge in [-0.1, -0.05) is 13.8 Å². The molecule has 0 unspecified atom stereocenters. The van der Waals surface area contributed by atoms with Crippen LogP contribution in [0, 0.1) is 5.92 Å². The van der Waals surface area contributed by atoms with Crippen LogP contribution < -0.4 is 10.6 Å². The standard InChI is InChI=1S/C14H23BrN4/c1-3-8-16-14-17-9-12(15)13(19-14)18-11-6-4-10(2)5-7-11/h9-11H,3-8H2,1-2H3,(H2,16,17,18,19). The van der Waals surface area contributed by atoms with E-state index in [0.29, 0.717) is 12.0 Å². The van der Waals surface area contributed by atoms with Crippen molar-refractivity contribution in [3.05, 3.63) is 10.7 Å². The molecule has 5 heteroatoms. The number of nitrogens with one attached hydrogen (secondary N) is 2. The summed E-state index contributed by atoms with van der Waals surface area (Å²) >= 11 is 3.52. The Hall–Kier alpha value is -0.840. The Kier molecular flexibility index (Phi) is 5.43. The second-order valence-electron chi connectivity index (χ2n) is 5.42. The van der Waals surface area contributed by atoms with Gasteiger partial charge in [0.25, 0.3) is 0 Å². The predicted octanol–water partition coefficient (Wildman–Crippen LogP) is 4.05. The number of nitrogens with zero attached hydrogens (tertiary/aromatic N) is 2. The second kappa shape index (κ2) is 7.08. The zero-order valence-corrected chi connectivity index (χ0v) is 13.3. The van der Waals surface area contributed by atoms with Gasteiger partial charge in [-0.3, -0.25) is 0 Å². The Balaban J connectivity index is 1.98. The minimum absolute atomic E-state index is 0.543. The highest BCUT2D eigenvalue weighted by Crippen LogP contribution is 2.28. The summed E-state index contributed by atoms with van der Waals surface area (Å²) < 4.78 is 0.938. The normalized spacial score (nSPS) is 23.1. The zero-order valence-electron chi connectivity index (χ0n) is 11.7. The molecule has 1 aliphatic rings. The maximum absolute atomic E-state index is 4.54. The monoisotopic (exact) mass is 326 g/mol. The van der Waals surface area contributed by atoms with Crippen molar-refractivity contribution in [2.75, 3.05) is 17.2 Å². The highest BCUT2D eigenvalue weighted by Gasteiger charge is 2.19. The van der Waals surface area contributed by atoms with Crippen LogP contribution in [0.15, 0.2) is 10.7 Å². The molecule has 0 aromatic carbocycles. The van der Waals surface area contributed by atoms with Crippen LogP contribution in [-0.4, -0.2) is 22.6 Å². The number of aromatic nitrogens is 2. The topological polar surface area (TPSA) is 49.8 Å². The lowest BCUT2D eigenvalue weighted by molar-refractivity contribution is 0.360. The van der Waals surface area contributed by atoms with E-state index in [9.17, 15) is 0 Å². The summed E-state index contributed by atoms with van der Waals surface area (Å²) in [5.74, 6) is 2.48. The molecule has 2 rings (SSSR count). The third-order valence-electron chi connectivity index (χ3n) is 3.63. The Labute approximate surface area is 123 Å². The minimum atomic E-state index is 0.543. The molecule has 1 aliphatic carbocycles. The van der Waals surface area contributed by atoms with Crippen LogP contribution in [0.25, 0.3) is 0 Å². The van der Waals surface area contributed by atoms with Crippen molar-refractivity contribution in [3.8, 4) is 0 Å². The quantitative estimate of drug-likeness (QED) is 0.856. The van der Waals surface area contributed by atoms with Crippen LogP contribution in [-0.2, 0) is 0 Å². The molecule has 1 aromatic rings. The summed E-state index contributed by atoms with van der Waals surface area (Å²) in [6.07, 6.45) is 7.97. The maximum Gasteiger partial charge on any atom is 0.224 e. The molecule has 0 atom stereocenters. The molecule has 1 heterocycles. The first kappa shape index (κ1) is 14.6. The largest absolute Gasteiger partial charge is 0.366 e. The lowest BCUT2D eigenvalue weighted by Crippen LogP contribution is -2.26. The van der Waals surface area contributed by atoms with Crippen LogP contribution in [0.5, 0.6) is 0 Å². The second-order valence-corrected chi connectivity index (χ2v) is 6.27. The molecule has 0 amide bonds. The van der Waals surface area contributed by atoms with E-state index in [1.54, 1.807) is 0 Å². The Morgan fingerprint density at radius 3 is 2.74 bits per heavy atom. The van der Waals surface area contributed by atoms with Gasteiger partial charge < -0.3 is 10.6 Å². The summed E-state index contributed by atoms with van der Waals surface area (Å²) in [5, 5.41) is 6.77. The summed E-state index contributed by atoms with van der Waals surface area (Å²) in [5.41, 5.74) is 0. The third kappa shape index (κ3) is 4.34. The summed E-state index contributed by atoms with van der Waals surface area (Å²) in [7, 11) is 0. The SMILES string of the molecule is CCCNc1ncc(Br)c(NC2CCC(C)CC2)n1. The molecular weight excluding hydrogens is 304 g/mol. The van der Waals surface area contributed by atoms with Gasteiger partial charge in [-0.05, 0) is 54.0 Å². The molecular formula is C14H23BrN4. The summed E-state index contributed by atoms with van der Waals surface area (Å²) in [4.78, 5) is 8.82. The van der Waals surface area contributed by atoms with Crippen LogP contribution in [0.4, 0.5) is 11.8 Å². The van der Waals surface area contributed by atoms with Gasteiger partial charge in [0.05, 0.1) is 4.47 Å². The first-order valence-corrected chi connectivity index (χ1v) is 8.01. The van der Waals surface area contributed by atoms with Gasteiger partial charge in [-0.2, -0.15) is 4.98 Å². The van der Waals surface area contributed by atoms with Crippen LogP contribution >= 0.6 is 15.9 Å². The van der Waals surface area contributed by atoms with Gasteiger partial charge in [0.15, 0.2) is 0 Å². The van der Waals surface area contributed by atoms with Crippen molar-refractivity contribution in [2.45, 2.75) is 52.0 Å². The molecule has 1 aromatic heterocycles.